The number of hydrogen-bond acceptors (Lipinski definition) is 2. The molecule has 0 aromatic heterocycles. The normalized spacial score (nSPS) is 23.9. The molecule has 3 aromatic rings. The molecule has 24 heavy (non-hydrogen) atoms. The lowest BCUT2D eigenvalue weighted by molar-refractivity contribution is 0.000386. The van der Waals surface area contributed by atoms with Crippen molar-refractivity contribution in [2.75, 3.05) is 0 Å². The van der Waals surface area contributed by atoms with E-state index in [1.807, 2.05) is 24.3 Å². The fraction of sp³-hybridized carbons (Fsp3) is 0.182. The van der Waals surface area contributed by atoms with Gasteiger partial charge in [0, 0.05) is 11.5 Å². The number of ether oxygens (including phenoxy) is 2. The Morgan fingerprint density at radius 1 is 0.625 bits per heavy atom. The first kappa shape index (κ1) is 13.7. The number of fused-ring (bicyclic) bond motifs is 4. The van der Waals surface area contributed by atoms with Gasteiger partial charge in [0.1, 0.15) is 23.7 Å². The van der Waals surface area contributed by atoms with Gasteiger partial charge >= 0.3 is 0 Å². The molecule has 0 unspecified atom stereocenters. The van der Waals surface area contributed by atoms with E-state index in [0.29, 0.717) is 0 Å². The van der Waals surface area contributed by atoms with Crippen molar-refractivity contribution in [3.63, 3.8) is 0 Å². The van der Waals surface area contributed by atoms with Gasteiger partial charge in [-0.05, 0) is 29.7 Å². The Labute approximate surface area is 141 Å². The monoisotopic (exact) mass is 314 g/mol. The standard InChI is InChI=1S/C22H18O2/c1-2-8-15(9-3-1)21-18-14-16-10-4-6-12-19(16)23-22(18)17-11-5-7-13-20(17)24-21/h1-13,18,21-22H,14H2/t18-,21+,22-/m0/s1. The molecule has 2 aliphatic rings. The van der Waals surface area contributed by atoms with Crippen molar-refractivity contribution in [2.45, 2.75) is 18.6 Å². The fourth-order valence-corrected chi connectivity index (χ4v) is 3.94. The first-order valence-corrected chi connectivity index (χ1v) is 8.45. The van der Waals surface area contributed by atoms with Gasteiger partial charge in [-0.15, -0.1) is 0 Å². The molecule has 0 spiro atoms. The van der Waals surface area contributed by atoms with Gasteiger partial charge in [-0.25, -0.2) is 0 Å². The maximum Gasteiger partial charge on any atom is 0.134 e. The molecular weight excluding hydrogens is 296 g/mol. The second kappa shape index (κ2) is 5.41. The number of hydrogen-bond donors (Lipinski definition) is 0. The van der Waals surface area contributed by atoms with Crippen molar-refractivity contribution in [3.8, 4) is 11.5 Å². The topological polar surface area (TPSA) is 18.5 Å². The summed E-state index contributed by atoms with van der Waals surface area (Å²) in [7, 11) is 0. The Kier molecular flexibility index (Phi) is 3.08. The van der Waals surface area contributed by atoms with E-state index in [4.69, 9.17) is 9.47 Å². The molecule has 2 heteroatoms. The fourth-order valence-electron chi connectivity index (χ4n) is 3.94. The second-order valence-electron chi connectivity index (χ2n) is 6.50. The molecular formula is C22H18O2. The maximum atomic E-state index is 6.43. The third-order valence-corrected chi connectivity index (χ3v) is 5.07. The Morgan fingerprint density at radius 2 is 1.29 bits per heavy atom. The van der Waals surface area contributed by atoms with Crippen LogP contribution in [0.25, 0.3) is 0 Å². The molecule has 0 saturated heterocycles. The zero-order chi connectivity index (χ0) is 15.9. The highest BCUT2D eigenvalue weighted by Crippen LogP contribution is 2.51. The van der Waals surface area contributed by atoms with Crippen molar-refractivity contribution >= 4 is 0 Å². The van der Waals surface area contributed by atoms with Crippen LogP contribution in [0.4, 0.5) is 0 Å². The molecule has 2 aliphatic heterocycles. The van der Waals surface area contributed by atoms with Crippen molar-refractivity contribution in [1.29, 1.82) is 0 Å². The Hall–Kier alpha value is -2.74. The second-order valence-corrected chi connectivity index (χ2v) is 6.50. The average Bonchev–Trinajstić information content (AvgIpc) is 2.66. The lowest BCUT2D eigenvalue weighted by atomic mass is 9.79. The predicted octanol–water partition coefficient (Wildman–Crippen LogP) is 5.11. The van der Waals surface area contributed by atoms with Crippen LogP contribution in [-0.4, -0.2) is 0 Å². The van der Waals surface area contributed by atoms with Gasteiger partial charge in [-0.1, -0.05) is 66.7 Å². The van der Waals surface area contributed by atoms with Crippen LogP contribution in [0.5, 0.6) is 11.5 Å². The largest absolute Gasteiger partial charge is 0.485 e. The summed E-state index contributed by atoms with van der Waals surface area (Å²) in [5, 5.41) is 0. The van der Waals surface area contributed by atoms with E-state index in [-0.39, 0.29) is 18.1 Å². The lowest BCUT2D eigenvalue weighted by Gasteiger charge is -2.42. The molecule has 0 amide bonds. The first-order valence-electron chi connectivity index (χ1n) is 8.45. The maximum absolute atomic E-state index is 6.43. The smallest absolute Gasteiger partial charge is 0.134 e. The highest BCUT2D eigenvalue weighted by molar-refractivity contribution is 5.44. The third kappa shape index (κ3) is 2.10. The molecule has 3 atom stereocenters. The van der Waals surface area contributed by atoms with Gasteiger partial charge in [0.2, 0.25) is 0 Å². The van der Waals surface area contributed by atoms with E-state index in [9.17, 15) is 0 Å². The SMILES string of the molecule is c1ccc([C@H]2Oc3ccccc3[C@@H]3Oc4ccccc4C[C@@H]23)cc1. The molecule has 0 radical (unpaired) electrons. The summed E-state index contributed by atoms with van der Waals surface area (Å²) >= 11 is 0. The van der Waals surface area contributed by atoms with Gasteiger partial charge in [-0.3, -0.25) is 0 Å². The van der Waals surface area contributed by atoms with E-state index in [0.717, 1.165) is 23.5 Å². The molecule has 118 valence electrons. The van der Waals surface area contributed by atoms with Gasteiger partial charge < -0.3 is 9.47 Å². The first-order chi connectivity index (χ1) is 11.9. The summed E-state index contributed by atoms with van der Waals surface area (Å²) < 4.78 is 12.9. The Balaban J connectivity index is 1.65. The summed E-state index contributed by atoms with van der Waals surface area (Å²) in [6, 6.07) is 27.1. The summed E-state index contributed by atoms with van der Waals surface area (Å²) in [6.07, 6.45) is 1.02. The number of para-hydroxylation sites is 2. The zero-order valence-electron chi connectivity index (χ0n) is 13.3. The van der Waals surface area contributed by atoms with Crippen LogP contribution in [0.1, 0.15) is 28.9 Å². The van der Waals surface area contributed by atoms with Gasteiger partial charge in [0.05, 0.1) is 0 Å². The zero-order valence-corrected chi connectivity index (χ0v) is 13.3. The minimum absolute atomic E-state index is 0.0134. The minimum Gasteiger partial charge on any atom is -0.485 e. The summed E-state index contributed by atoms with van der Waals surface area (Å²) in [5.74, 6) is 2.21. The predicted molar refractivity (Wildman–Crippen MR) is 93.3 cm³/mol. The Morgan fingerprint density at radius 3 is 2.17 bits per heavy atom. The highest BCUT2D eigenvalue weighted by Gasteiger charge is 2.43. The molecule has 0 N–H and O–H groups in total. The van der Waals surface area contributed by atoms with Gasteiger partial charge in [0.25, 0.3) is 0 Å². The Bertz CT molecular complexity index is 872. The molecule has 0 aliphatic carbocycles. The van der Waals surface area contributed by atoms with Crippen molar-refractivity contribution in [3.05, 3.63) is 95.6 Å². The molecule has 2 heterocycles. The van der Waals surface area contributed by atoms with Crippen LogP contribution >= 0.6 is 0 Å². The quantitative estimate of drug-likeness (QED) is 0.621. The molecule has 2 nitrogen and oxygen atoms in total. The average molecular weight is 314 g/mol. The number of rotatable bonds is 1. The van der Waals surface area contributed by atoms with Gasteiger partial charge in [-0.2, -0.15) is 0 Å². The van der Waals surface area contributed by atoms with E-state index >= 15 is 0 Å². The van der Waals surface area contributed by atoms with Crippen LogP contribution in [0.2, 0.25) is 0 Å². The molecule has 0 saturated carbocycles. The lowest BCUT2D eigenvalue weighted by Crippen LogP contribution is -2.36. The van der Waals surface area contributed by atoms with Crippen LogP contribution in [-0.2, 0) is 6.42 Å². The summed E-state index contributed by atoms with van der Waals surface area (Å²) in [5.41, 5.74) is 3.64. The molecule has 3 aromatic carbocycles. The minimum atomic E-state index is 0.0134. The van der Waals surface area contributed by atoms with Crippen molar-refractivity contribution in [2.24, 2.45) is 5.92 Å². The number of benzene rings is 3. The van der Waals surface area contributed by atoms with Crippen molar-refractivity contribution < 1.29 is 9.47 Å². The highest BCUT2D eigenvalue weighted by atomic mass is 16.5. The third-order valence-electron chi connectivity index (χ3n) is 5.07. The molecule has 0 bridgehead atoms. The summed E-state index contributed by atoms with van der Waals surface area (Å²) in [4.78, 5) is 0. The van der Waals surface area contributed by atoms with Crippen LogP contribution in [0.3, 0.4) is 0 Å². The van der Waals surface area contributed by atoms with E-state index < -0.39 is 0 Å². The van der Waals surface area contributed by atoms with Crippen molar-refractivity contribution in [1.82, 2.24) is 0 Å². The van der Waals surface area contributed by atoms with E-state index in [1.165, 1.54) is 11.1 Å². The van der Waals surface area contributed by atoms with E-state index in [2.05, 4.69) is 54.6 Å². The molecule has 5 rings (SSSR count). The van der Waals surface area contributed by atoms with Gasteiger partial charge in [0.15, 0.2) is 0 Å². The molecule has 0 fully saturated rings. The summed E-state index contributed by atoms with van der Waals surface area (Å²) in [6.45, 7) is 0. The van der Waals surface area contributed by atoms with Crippen LogP contribution in [0.15, 0.2) is 78.9 Å². The van der Waals surface area contributed by atoms with Crippen LogP contribution < -0.4 is 9.47 Å². The van der Waals surface area contributed by atoms with Crippen LogP contribution in [0, 0.1) is 5.92 Å². The van der Waals surface area contributed by atoms with E-state index in [1.54, 1.807) is 0 Å².